The van der Waals surface area contributed by atoms with Crippen molar-refractivity contribution < 1.29 is 14.3 Å². The zero-order chi connectivity index (χ0) is 21.5. The summed E-state index contributed by atoms with van der Waals surface area (Å²) in [6, 6.07) is 24.0. The van der Waals surface area contributed by atoms with Crippen LogP contribution in [0.1, 0.15) is 16.8 Å². The molecule has 154 valence electrons. The molecular weight excluding hydrogens is 392 g/mol. The average molecular weight is 412 g/mol. The molecule has 4 aromatic rings. The van der Waals surface area contributed by atoms with Gasteiger partial charge in [-0.3, -0.25) is 9.20 Å². The molecule has 2 aromatic carbocycles. The van der Waals surface area contributed by atoms with Gasteiger partial charge in [0.05, 0.1) is 5.69 Å². The molecule has 0 aliphatic rings. The third kappa shape index (κ3) is 5.45. The molecule has 4 rings (SSSR count). The maximum absolute atomic E-state index is 12.1. The highest BCUT2D eigenvalue weighted by Gasteiger charge is 2.04. The molecule has 0 atom stereocenters. The summed E-state index contributed by atoms with van der Waals surface area (Å²) >= 11 is 0. The first-order chi connectivity index (χ1) is 15.2. The van der Waals surface area contributed by atoms with Crippen LogP contribution in [0.3, 0.4) is 0 Å². The SMILES string of the molecule is O=C(/C=C/c1ccc(OCc2ccccc2)cc1)OCc1cc(=O)n2ccccc2n1. The molecule has 2 aromatic heterocycles. The van der Waals surface area contributed by atoms with Crippen molar-refractivity contribution >= 4 is 17.7 Å². The maximum atomic E-state index is 12.1. The highest BCUT2D eigenvalue weighted by atomic mass is 16.5. The van der Waals surface area contributed by atoms with Crippen molar-refractivity contribution in [3.8, 4) is 5.75 Å². The van der Waals surface area contributed by atoms with Gasteiger partial charge >= 0.3 is 5.97 Å². The van der Waals surface area contributed by atoms with Gasteiger partial charge in [0.15, 0.2) is 0 Å². The molecule has 0 amide bonds. The fourth-order valence-electron chi connectivity index (χ4n) is 2.95. The normalized spacial score (nSPS) is 11.0. The first-order valence-electron chi connectivity index (χ1n) is 9.76. The van der Waals surface area contributed by atoms with Crippen molar-refractivity contribution in [2.45, 2.75) is 13.2 Å². The number of pyridine rings is 1. The fourth-order valence-corrected chi connectivity index (χ4v) is 2.95. The Hall–Kier alpha value is -4.19. The van der Waals surface area contributed by atoms with Crippen molar-refractivity contribution in [2.24, 2.45) is 0 Å². The number of carbonyl (C=O) groups is 1. The predicted molar refractivity (Wildman–Crippen MR) is 118 cm³/mol. The summed E-state index contributed by atoms with van der Waals surface area (Å²) in [6.45, 7) is 0.421. The molecule has 0 saturated heterocycles. The van der Waals surface area contributed by atoms with Gasteiger partial charge in [-0.15, -0.1) is 0 Å². The van der Waals surface area contributed by atoms with Gasteiger partial charge in [-0.05, 0) is 41.5 Å². The molecule has 0 bridgehead atoms. The lowest BCUT2D eigenvalue weighted by Crippen LogP contribution is -2.16. The smallest absolute Gasteiger partial charge is 0.331 e. The van der Waals surface area contributed by atoms with E-state index >= 15 is 0 Å². The number of hydrogen-bond donors (Lipinski definition) is 0. The molecule has 0 radical (unpaired) electrons. The Morgan fingerprint density at radius 3 is 2.52 bits per heavy atom. The van der Waals surface area contributed by atoms with E-state index in [0.717, 1.165) is 16.9 Å². The molecule has 0 fully saturated rings. The van der Waals surface area contributed by atoms with Crippen LogP contribution in [-0.2, 0) is 22.7 Å². The minimum Gasteiger partial charge on any atom is -0.489 e. The van der Waals surface area contributed by atoms with E-state index in [9.17, 15) is 9.59 Å². The number of ether oxygens (including phenoxy) is 2. The van der Waals surface area contributed by atoms with E-state index in [1.54, 1.807) is 30.5 Å². The van der Waals surface area contributed by atoms with Crippen molar-refractivity contribution in [1.29, 1.82) is 0 Å². The quantitative estimate of drug-likeness (QED) is 0.339. The highest BCUT2D eigenvalue weighted by molar-refractivity contribution is 5.87. The van der Waals surface area contributed by atoms with E-state index in [2.05, 4.69) is 4.98 Å². The summed E-state index contributed by atoms with van der Waals surface area (Å²) in [4.78, 5) is 28.4. The molecule has 0 unspecified atom stereocenters. The number of fused-ring (bicyclic) bond motifs is 1. The number of nitrogens with zero attached hydrogens (tertiary/aromatic N) is 2. The van der Waals surface area contributed by atoms with Crippen LogP contribution in [-0.4, -0.2) is 15.4 Å². The summed E-state index contributed by atoms with van der Waals surface area (Å²) in [5.74, 6) is 0.233. The van der Waals surface area contributed by atoms with Crippen molar-refractivity contribution in [3.63, 3.8) is 0 Å². The predicted octanol–water partition coefficient (Wildman–Crippen LogP) is 4.03. The summed E-state index contributed by atoms with van der Waals surface area (Å²) in [7, 11) is 0. The van der Waals surface area contributed by atoms with Gasteiger partial charge in [0, 0.05) is 18.3 Å². The maximum Gasteiger partial charge on any atom is 0.331 e. The van der Waals surface area contributed by atoms with Crippen LogP contribution in [0.15, 0.2) is 95.9 Å². The van der Waals surface area contributed by atoms with Gasteiger partial charge in [-0.2, -0.15) is 0 Å². The molecule has 0 N–H and O–H groups in total. The second-order valence-corrected chi connectivity index (χ2v) is 6.80. The van der Waals surface area contributed by atoms with E-state index < -0.39 is 5.97 Å². The van der Waals surface area contributed by atoms with E-state index in [-0.39, 0.29) is 12.2 Å². The van der Waals surface area contributed by atoms with Crippen molar-refractivity contribution in [1.82, 2.24) is 9.38 Å². The average Bonchev–Trinajstić information content (AvgIpc) is 2.81. The van der Waals surface area contributed by atoms with Gasteiger partial charge in [0.25, 0.3) is 5.56 Å². The Morgan fingerprint density at radius 1 is 0.935 bits per heavy atom. The lowest BCUT2D eigenvalue weighted by molar-refractivity contribution is -0.139. The summed E-state index contributed by atoms with van der Waals surface area (Å²) in [5.41, 5.74) is 2.62. The second kappa shape index (κ2) is 9.54. The topological polar surface area (TPSA) is 69.9 Å². The Balaban J connectivity index is 1.30. The third-order valence-corrected chi connectivity index (χ3v) is 4.53. The molecule has 0 aliphatic heterocycles. The third-order valence-electron chi connectivity index (χ3n) is 4.53. The van der Waals surface area contributed by atoms with Crippen LogP contribution in [0, 0.1) is 0 Å². The number of benzene rings is 2. The highest BCUT2D eigenvalue weighted by Crippen LogP contribution is 2.15. The van der Waals surface area contributed by atoms with Gasteiger partial charge < -0.3 is 9.47 Å². The van der Waals surface area contributed by atoms with Gasteiger partial charge in [-0.25, -0.2) is 9.78 Å². The van der Waals surface area contributed by atoms with Crippen LogP contribution in [0.2, 0.25) is 0 Å². The van der Waals surface area contributed by atoms with Gasteiger partial charge in [0.1, 0.15) is 24.6 Å². The number of hydrogen-bond acceptors (Lipinski definition) is 5. The molecule has 0 saturated carbocycles. The van der Waals surface area contributed by atoms with E-state index in [0.29, 0.717) is 17.9 Å². The zero-order valence-corrected chi connectivity index (χ0v) is 16.7. The van der Waals surface area contributed by atoms with E-state index in [1.165, 1.54) is 16.5 Å². The lowest BCUT2D eigenvalue weighted by atomic mass is 10.2. The molecular formula is C25H20N2O4. The van der Waals surface area contributed by atoms with Crippen molar-refractivity contribution in [2.75, 3.05) is 0 Å². The standard InChI is InChI=1S/C25H20N2O4/c28-24-16-21(26-23-8-4-5-15-27(23)24)18-31-25(29)14-11-19-9-12-22(13-10-19)30-17-20-6-2-1-3-7-20/h1-16H,17-18H2/b14-11+. The molecule has 31 heavy (non-hydrogen) atoms. The Kier molecular flexibility index (Phi) is 6.18. The van der Waals surface area contributed by atoms with Crippen LogP contribution in [0.4, 0.5) is 0 Å². The number of rotatable bonds is 7. The second-order valence-electron chi connectivity index (χ2n) is 6.80. The fraction of sp³-hybridized carbons (Fsp3) is 0.0800. The number of carbonyl (C=O) groups excluding carboxylic acids is 1. The van der Waals surface area contributed by atoms with Gasteiger partial charge in [0.2, 0.25) is 0 Å². The zero-order valence-electron chi connectivity index (χ0n) is 16.7. The minimum absolute atomic E-state index is 0.0733. The summed E-state index contributed by atoms with van der Waals surface area (Å²) in [6.07, 6.45) is 4.64. The first kappa shape index (κ1) is 20.1. The lowest BCUT2D eigenvalue weighted by Gasteiger charge is -2.06. The monoisotopic (exact) mass is 412 g/mol. The van der Waals surface area contributed by atoms with E-state index in [4.69, 9.17) is 9.47 Å². The van der Waals surface area contributed by atoms with Crippen LogP contribution in [0.5, 0.6) is 5.75 Å². The Labute approximate surface area is 179 Å². The molecule has 6 nitrogen and oxygen atoms in total. The molecule has 6 heteroatoms. The van der Waals surface area contributed by atoms with E-state index in [1.807, 2.05) is 54.6 Å². The number of aromatic nitrogens is 2. The summed E-state index contributed by atoms with van der Waals surface area (Å²) < 4.78 is 12.4. The Bertz CT molecular complexity index is 1260. The minimum atomic E-state index is -0.514. The van der Waals surface area contributed by atoms with Crippen LogP contribution >= 0.6 is 0 Å². The van der Waals surface area contributed by atoms with Crippen LogP contribution in [0.25, 0.3) is 11.7 Å². The number of esters is 1. The molecule has 0 aliphatic carbocycles. The molecule has 0 spiro atoms. The summed E-state index contributed by atoms with van der Waals surface area (Å²) in [5, 5.41) is 0. The van der Waals surface area contributed by atoms with Crippen LogP contribution < -0.4 is 10.3 Å². The Morgan fingerprint density at radius 2 is 1.71 bits per heavy atom. The largest absolute Gasteiger partial charge is 0.489 e. The molecule has 2 heterocycles. The first-order valence-corrected chi connectivity index (χ1v) is 9.76. The van der Waals surface area contributed by atoms with Gasteiger partial charge in [-0.1, -0.05) is 48.5 Å². The van der Waals surface area contributed by atoms with Crippen molar-refractivity contribution in [3.05, 3.63) is 118 Å².